The maximum absolute atomic E-state index is 12.8. The maximum Gasteiger partial charge on any atom is 0.416 e. The minimum absolute atomic E-state index is 0.0182. The van der Waals surface area contributed by atoms with Crippen LogP contribution in [-0.2, 0) is 6.18 Å². The van der Waals surface area contributed by atoms with Crippen LogP contribution in [0, 0.1) is 0 Å². The Kier molecular flexibility index (Phi) is 6.38. The number of hydrogen-bond donors (Lipinski definition) is 2. The van der Waals surface area contributed by atoms with E-state index in [1.165, 1.54) is 12.4 Å². The van der Waals surface area contributed by atoms with Crippen molar-refractivity contribution in [3.63, 3.8) is 0 Å². The summed E-state index contributed by atoms with van der Waals surface area (Å²) in [5, 5.41) is 5.41. The number of rotatable bonds is 6. The number of carbonyl (C=O) groups is 1. The van der Waals surface area contributed by atoms with Crippen molar-refractivity contribution in [3.05, 3.63) is 46.7 Å². The number of anilines is 2. The summed E-state index contributed by atoms with van der Waals surface area (Å²) in [6.45, 7) is 1.14. The van der Waals surface area contributed by atoms with Gasteiger partial charge in [-0.05, 0) is 32.3 Å². The number of nitrogens with one attached hydrogen (secondary N) is 2. The van der Waals surface area contributed by atoms with E-state index in [-0.39, 0.29) is 28.1 Å². The van der Waals surface area contributed by atoms with Crippen LogP contribution in [0.25, 0.3) is 0 Å². The minimum atomic E-state index is -4.49. The van der Waals surface area contributed by atoms with E-state index in [9.17, 15) is 18.0 Å². The molecule has 1 heterocycles. The Bertz CT molecular complexity index is 765. The monoisotopic (exact) mass is 387 g/mol. The Morgan fingerprint density at radius 2 is 1.88 bits per heavy atom. The quantitative estimate of drug-likeness (QED) is 0.796. The number of hydrogen-bond acceptors (Lipinski definition) is 5. The van der Waals surface area contributed by atoms with Crippen molar-refractivity contribution in [3.8, 4) is 0 Å². The Labute approximate surface area is 153 Å². The standard InChI is InChI=1S/C16H17ClF3N5O/c1-25(2)6-5-21-14(26)10-8-22-15(23-9-10)24-13-7-11(16(18,19)20)3-4-12(13)17/h3-4,7-9H,5-6H2,1-2H3,(H,21,26)(H,22,23,24). The van der Waals surface area contributed by atoms with Gasteiger partial charge in [-0.15, -0.1) is 0 Å². The number of halogens is 4. The highest BCUT2D eigenvalue weighted by atomic mass is 35.5. The fourth-order valence-electron chi connectivity index (χ4n) is 1.92. The molecule has 0 aliphatic carbocycles. The normalized spacial score (nSPS) is 11.5. The minimum Gasteiger partial charge on any atom is -0.351 e. The van der Waals surface area contributed by atoms with E-state index >= 15 is 0 Å². The highest BCUT2D eigenvalue weighted by molar-refractivity contribution is 6.33. The van der Waals surface area contributed by atoms with Crippen molar-refractivity contribution >= 4 is 29.1 Å². The lowest BCUT2D eigenvalue weighted by molar-refractivity contribution is -0.137. The van der Waals surface area contributed by atoms with E-state index < -0.39 is 11.7 Å². The Morgan fingerprint density at radius 3 is 2.46 bits per heavy atom. The van der Waals surface area contributed by atoms with Crippen molar-refractivity contribution in [1.82, 2.24) is 20.2 Å². The van der Waals surface area contributed by atoms with Gasteiger partial charge in [-0.25, -0.2) is 9.97 Å². The zero-order valence-electron chi connectivity index (χ0n) is 14.1. The molecule has 26 heavy (non-hydrogen) atoms. The van der Waals surface area contributed by atoms with Gasteiger partial charge in [0.2, 0.25) is 5.95 Å². The molecule has 0 radical (unpaired) electrons. The SMILES string of the molecule is CN(C)CCNC(=O)c1cnc(Nc2cc(C(F)(F)F)ccc2Cl)nc1. The highest BCUT2D eigenvalue weighted by Gasteiger charge is 2.31. The van der Waals surface area contributed by atoms with Crippen molar-refractivity contribution in [2.75, 3.05) is 32.5 Å². The van der Waals surface area contributed by atoms with Crippen LogP contribution < -0.4 is 10.6 Å². The number of carbonyl (C=O) groups excluding carboxylic acids is 1. The van der Waals surface area contributed by atoms with E-state index in [0.717, 1.165) is 18.2 Å². The summed E-state index contributed by atoms with van der Waals surface area (Å²) in [5.74, 6) is -0.313. The van der Waals surface area contributed by atoms with Crippen LogP contribution in [0.3, 0.4) is 0 Å². The van der Waals surface area contributed by atoms with Crippen molar-refractivity contribution < 1.29 is 18.0 Å². The van der Waals surface area contributed by atoms with Crippen LogP contribution in [-0.4, -0.2) is 48.0 Å². The first-order chi connectivity index (χ1) is 12.2. The second-order valence-electron chi connectivity index (χ2n) is 5.67. The molecule has 0 saturated heterocycles. The van der Waals surface area contributed by atoms with Crippen molar-refractivity contribution in [2.45, 2.75) is 6.18 Å². The molecule has 0 aliphatic rings. The van der Waals surface area contributed by atoms with E-state index in [1.807, 2.05) is 19.0 Å². The number of alkyl halides is 3. The fraction of sp³-hybridized carbons (Fsp3) is 0.312. The van der Waals surface area contributed by atoms with Crippen LogP contribution in [0.1, 0.15) is 15.9 Å². The number of likely N-dealkylation sites (N-methyl/N-ethyl adjacent to an activating group) is 1. The molecule has 0 fully saturated rings. The number of amides is 1. The van der Waals surface area contributed by atoms with E-state index in [1.54, 1.807) is 0 Å². The van der Waals surface area contributed by atoms with E-state index in [0.29, 0.717) is 13.1 Å². The topological polar surface area (TPSA) is 70.2 Å². The van der Waals surface area contributed by atoms with Gasteiger partial charge in [0.1, 0.15) is 0 Å². The average molecular weight is 388 g/mol. The molecule has 2 rings (SSSR count). The summed E-state index contributed by atoms with van der Waals surface area (Å²) < 4.78 is 38.3. The Hall–Kier alpha value is -2.39. The van der Waals surface area contributed by atoms with Crippen LogP contribution in [0.5, 0.6) is 0 Å². The summed E-state index contributed by atoms with van der Waals surface area (Å²) in [5.41, 5.74) is -0.588. The van der Waals surface area contributed by atoms with Gasteiger partial charge < -0.3 is 15.5 Å². The van der Waals surface area contributed by atoms with Gasteiger partial charge in [0, 0.05) is 25.5 Å². The Balaban J connectivity index is 2.06. The summed E-state index contributed by atoms with van der Waals surface area (Å²) in [4.78, 5) is 21.7. The first kappa shape index (κ1) is 19.9. The van der Waals surface area contributed by atoms with Gasteiger partial charge in [0.05, 0.1) is 21.8 Å². The third kappa shape index (κ3) is 5.57. The average Bonchev–Trinajstić information content (AvgIpc) is 2.56. The molecule has 1 aromatic carbocycles. The maximum atomic E-state index is 12.8. The molecule has 0 spiro atoms. The molecular weight excluding hydrogens is 371 g/mol. The molecule has 0 bridgehead atoms. The predicted molar refractivity (Wildman–Crippen MR) is 92.7 cm³/mol. The summed E-state index contributed by atoms with van der Waals surface area (Å²) >= 11 is 5.91. The largest absolute Gasteiger partial charge is 0.416 e. The number of nitrogens with zero attached hydrogens (tertiary/aromatic N) is 3. The molecule has 1 amide bonds. The highest BCUT2D eigenvalue weighted by Crippen LogP contribution is 2.34. The van der Waals surface area contributed by atoms with Crippen LogP contribution >= 0.6 is 11.6 Å². The lowest BCUT2D eigenvalue weighted by Gasteiger charge is -2.12. The molecule has 0 atom stereocenters. The van der Waals surface area contributed by atoms with E-state index in [2.05, 4.69) is 20.6 Å². The molecule has 0 saturated carbocycles. The van der Waals surface area contributed by atoms with E-state index in [4.69, 9.17) is 11.6 Å². The lowest BCUT2D eigenvalue weighted by Crippen LogP contribution is -2.31. The molecule has 140 valence electrons. The lowest BCUT2D eigenvalue weighted by atomic mass is 10.2. The molecular formula is C16H17ClF3N5O. The van der Waals surface area contributed by atoms with Gasteiger partial charge >= 0.3 is 6.18 Å². The van der Waals surface area contributed by atoms with Crippen LogP contribution in [0.15, 0.2) is 30.6 Å². The van der Waals surface area contributed by atoms with Gasteiger partial charge in [-0.2, -0.15) is 13.2 Å². The molecule has 1 aromatic heterocycles. The van der Waals surface area contributed by atoms with Gasteiger partial charge in [-0.3, -0.25) is 4.79 Å². The summed E-state index contributed by atoms with van der Waals surface area (Å²) in [6.07, 6.45) is -1.93. The zero-order valence-corrected chi connectivity index (χ0v) is 14.8. The smallest absolute Gasteiger partial charge is 0.351 e. The summed E-state index contributed by atoms with van der Waals surface area (Å²) in [6, 6.07) is 2.89. The molecule has 2 aromatic rings. The number of benzene rings is 1. The van der Waals surface area contributed by atoms with Gasteiger partial charge in [0.15, 0.2) is 0 Å². The zero-order chi connectivity index (χ0) is 19.3. The van der Waals surface area contributed by atoms with Crippen LogP contribution in [0.4, 0.5) is 24.8 Å². The van der Waals surface area contributed by atoms with Crippen molar-refractivity contribution in [1.29, 1.82) is 0 Å². The molecule has 10 heteroatoms. The molecule has 2 N–H and O–H groups in total. The summed E-state index contributed by atoms with van der Waals surface area (Å²) in [7, 11) is 3.77. The Morgan fingerprint density at radius 1 is 1.23 bits per heavy atom. The second kappa shape index (κ2) is 8.33. The van der Waals surface area contributed by atoms with Gasteiger partial charge in [-0.1, -0.05) is 11.6 Å². The first-order valence-electron chi connectivity index (χ1n) is 7.55. The molecule has 0 unspecified atom stereocenters. The van der Waals surface area contributed by atoms with Gasteiger partial charge in [0.25, 0.3) is 5.91 Å². The number of aromatic nitrogens is 2. The second-order valence-corrected chi connectivity index (χ2v) is 6.08. The first-order valence-corrected chi connectivity index (χ1v) is 7.93. The van der Waals surface area contributed by atoms with Crippen LogP contribution in [0.2, 0.25) is 5.02 Å². The third-order valence-corrected chi connectivity index (χ3v) is 3.63. The predicted octanol–water partition coefficient (Wildman–Crippen LogP) is 3.18. The molecule has 6 nitrogen and oxygen atoms in total. The van der Waals surface area contributed by atoms with Crippen molar-refractivity contribution in [2.24, 2.45) is 0 Å². The molecule has 0 aliphatic heterocycles. The third-order valence-electron chi connectivity index (χ3n) is 3.30. The fourth-order valence-corrected chi connectivity index (χ4v) is 2.09.